The van der Waals surface area contributed by atoms with Crippen LogP contribution in [0.3, 0.4) is 0 Å². The smallest absolute Gasteiger partial charge is 0.139 e. The quantitative estimate of drug-likeness (QED) is 0.705. The molecule has 98 valence electrons. The Hall–Kier alpha value is -2.56. The van der Waals surface area contributed by atoms with Crippen LogP contribution in [0.15, 0.2) is 48.5 Å². The molecule has 5 heteroatoms. The summed E-state index contributed by atoms with van der Waals surface area (Å²) in [5.41, 5.74) is 4.83. The molecular formula is C15H14BN3O. The van der Waals surface area contributed by atoms with Crippen molar-refractivity contribution >= 4 is 13.3 Å². The topological polar surface area (TPSA) is 50.9 Å². The van der Waals surface area contributed by atoms with E-state index in [2.05, 4.69) is 30.2 Å². The van der Waals surface area contributed by atoms with Gasteiger partial charge in [0.1, 0.15) is 25.0 Å². The van der Waals surface area contributed by atoms with Crippen LogP contribution >= 0.6 is 0 Å². The van der Waals surface area contributed by atoms with Gasteiger partial charge in [-0.05, 0) is 24.3 Å². The second kappa shape index (κ2) is 4.85. The van der Waals surface area contributed by atoms with E-state index in [1.807, 2.05) is 31.3 Å². The molecule has 0 amide bonds. The Morgan fingerprint density at radius 1 is 0.950 bits per heavy atom. The maximum absolute atomic E-state index is 9.39. The first-order valence-corrected chi connectivity index (χ1v) is 6.41. The molecule has 0 spiro atoms. The molecule has 4 nitrogen and oxygen atoms in total. The minimum absolute atomic E-state index is 0.245. The molecule has 0 bridgehead atoms. The summed E-state index contributed by atoms with van der Waals surface area (Å²) in [6.45, 7) is 0. The van der Waals surface area contributed by atoms with Crippen LogP contribution in [0.5, 0.6) is 5.75 Å². The number of aromatic hydroxyl groups is 1. The van der Waals surface area contributed by atoms with Crippen molar-refractivity contribution in [1.82, 2.24) is 15.0 Å². The molecule has 3 rings (SSSR count). The molecule has 1 heterocycles. The molecule has 0 unspecified atom stereocenters. The third-order valence-corrected chi connectivity index (χ3v) is 3.15. The lowest BCUT2D eigenvalue weighted by molar-refractivity contribution is 0.475. The molecule has 0 aliphatic heterocycles. The summed E-state index contributed by atoms with van der Waals surface area (Å²) in [5.74, 6) is 0.245. The minimum Gasteiger partial charge on any atom is -0.508 e. The Balaban J connectivity index is 2.15. The zero-order valence-electron chi connectivity index (χ0n) is 11.4. The maximum atomic E-state index is 9.39. The second-order valence-electron chi connectivity index (χ2n) is 4.80. The summed E-state index contributed by atoms with van der Waals surface area (Å²) in [5, 5.41) is 18.3. The molecule has 0 saturated heterocycles. The number of phenols is 1. The first-order chi connectivity index (χ1) is 9.63. The van der Waals surface area contributed by atoms with Crippen LogP contribution in [0.2, 0.25) is 0 Å². The van der Waals surface area contributed by atoms with Crippen molar-refractivity contribution in [3.63, 3.8) is 0 Å². The summed E-state index contributed by atoms with van der Waals surface area (Å²) < 4.78 is 0. The van der Waals surface area contributed by atoms with Crippen LogP contribution in [-0.2, 0) is 7.05 Å². The standard InChI is InChI=1S/C15H14BN3O/c1-19-17-14(10-5-7-13(20)8-6-10)15(18-19)11-3-2-4-12(16)9-11/h2-9,20H,16H2,1H3. The predicted octanol–water partition coefficient (Wildman–Crippen LogP) is 1.11. The van der Waals surface area contributed by atoms with Gasteiger partial charge in [-0.1, -0.05) is 29.7 Å². The van der Waals surface area contributed by atoms with Gasteiger partial charge in [0.25, 0.3) is 0 Å². The lowest BCUT2D eigenvalue weighted by Crippen LogP contribution is -2.01. The van der Waals surface area contributed by atoms with Crippen LogP contribution in [0.25, 0.3) is 22.5 Å². The average molecular weight is 263 g/mol. The van der Waals surface area contributed by atoms with Crippen molar-refractivity contribution < 1.29 is 5.11 Å². The van der Waals surface area contributed by atoms with E-state index >= 15 is 0 Å². The van der Waals surface area contributed by atoms with Crippen molar-refractivity contribution in [2.75, 3.05) is 0 Å². The van der Waals surface area contributed by atoms with E-state index in [1.54, 1.807) is 16.9 Å². The van der Waals surface area contributed by atoms with E-state index in [9.17, 15) is 5.11 Å². The molecule has 3 aromatic rings. The highest BCUT2D eigenvalue weighted by Gasteiger charge is 2.14. The van der Waals surface area contributed by atoms with E-state index in [0.29, 0.717) is 0 Å². The normalized spacial score (nSPS) is 10.7. The molecule has 1 N–H and O–H groups in total. The molecule has 0 aliphatic rings. The fraction of sp³-hybridized carbons (Fsp3) is 0.0667. The average Bonchev–Trinajstić information content (AvgIpc) is 2.82. The molecule has 2 aromatic carbocycles. The van der Waals surface area contributed by atoms with Gasteiger partial charge in [0, 0.05) is 18.2 Å². The van der Waals surface area contributed by atoms with Gasteiger partial charge in [0.05, 0.1) is 0 Å². The lowest BCUT2D eigenvalue weighted by Gasteiger charge is -2.02. The Morgan fingerprint density at radius 2 is 1.60 bits per heavy atom. The molecule has 0 saturated carbocycles. The number of phenolic OH excluding ortho intramolecular Hbond substituents is 1. The lowest BCUT2D eigenvalue weighted by atomic mass is 9.93. The molecule has 0 radical (unpaired) electrons. The fourth-order valence-corrected chi connectivity index (χ4v) is 2.21. The highest BCUT2D eigenvalue weighted by Crippen LogP contribution is 2.29. The first kappa shape index (κ1) is 12.5. The molecule has 20 heavy (non-hydrogen) atoms. The summed E-state index contributed by atoms with van der Waals surface area (Å²) in [6, 6.07) is 15.2. The summed E-state index contributed by atoms with van der Waals surface area (Å²) in [7, 11) is 3.86. The highest BCUT2D eigenvalue weighted by atomic mass is 16.3. The van der Waals surface area contributed by atoms with Crippen LogP contribution in [0, 0.1) is 0 Å². The van der Waals surface area contributed by atoms with Gasteiger partial charge in [-0.3, -0.25) is 0 Å². The second-order valence-corrected chi connectivity index (χ2v) is 4.80. The zero-order valence-corrected chi connectivity index (χ0v) is 11.4. The van der Waals surface area contributed by atoms with E-state index in [1.165, 1.54) is 5.46 Å². The molecular weight excluding hydrogens is 249 g/mol. The predicted molar refractivity (Wildman–Crippen MR) is 81.7 cm³/mol. The van der Waals surface area contributed by atoms with Gasteiger partial charge in [0.2, 0.25) is 0 Å². The zero-order chi connectivity index (χ0) is 14.1. The van der Waals surface area contributed by atoms with Crippen molar-refractivity contribution in [3.05, 3.63) is 48.5 Å². The van der Waals surface area contributed by atoms with E-state index in [4.69, 9.17) is 0 Å². The Kier molecular flexibility index (Phi) is 3.02. The Bertz CT molecular complexity index is 750. The molecule has 0 aliphatic carbocycles. The Morgan fingerprint density at radius 3 is 2.25 bits per heavy atom. The maximum Gasteiger partial charge on any atom is 0.139 e. The van der Waals surface area contributed by atoms with Gasteiger partial charge in [-0.2, -0.15) is 15.0 Å². The number of aromatic nitrogens is 3. The molecule has 1 aromatic heterocycles. The van der Waals surface area contributed by atoms with Crippen molar-refractivity contribution in [1.29, 1.82) is 0 Å². The van der Waals surface area contributed by atoms with Crippen LogP contribution < -0.4 is 5.46 Å². The number of rotatable bonds is 2. The largest absolute Gasteiger partial charge is 0.508 e. The van der Waals surface area contributed by atoms with E-state index in [0.717, 1.165) is 22.5 Å². The van der Waals surface area contributed by atoms with Gasteiger partial charge < -0.3 is 5.11 Å². The van der Waals surface area contributed by atoms with Gasteiger partial charge >= 0.3 is 0 Å². The SMILES string of the molecule is Bc1cccc(-c2nn(C)nc2-c2ccc(O)cc2)c1. The molecule has 0 atom stereocenters. The third kappa shape index (κ3) is 2.30. The van der Waals surface area contributed by atoms with E-state index < -0.39 is 0 Å². The number of nitrogens with zero attached hydrogens (tertiary/aromatic N) is 3. The number of hydrogen-bond donors (Lipinski definition) is 1. The summed E-state index contributed by atoms with van der Waals surface area (Å²) in [6.07, 6.45) is 0. The van der Waals surface area contributed by atoms with Crippen LogP contribution in [0.4, 0.5) is 0 Å². The van der Waals surface area contributed by atoms with Crippen molar-refractivity contribution in [3.8, 4) is 28.3 Å². The number of hydrogen-bond acceptors (Lipinski definition) is 3. The van der Waals surface area contributed by atoms with Gasteiger partial charge in [-0.25, -0.2) is 0 Å². The highest BCUT2D eigenvalue weighted by molar-refractivity contribution is 6.32. The Labute approximate surface area is 118 Å². The van der Waals surface area contributed by atoms with Crippen LogP contribution in [-0.4, -0.2) is 27.9 Å². The van der Waals surface area contributed by atoms with Gasteiger partial charge in [0.15, 0.2) is 0 Å². The monoisotopic (exact) mass is 263 g/mol. The third-order valence-electron chi connectivity index (χ3n) is 3.15. The van der Waals surface area contributed by atoms with Crippen LogP contribution in [0.1, 0.15) is 0 Å². The summed E-state index contributed by atoms with van der Waals surface area (Å²) >= 11 is 0. The first-order valence-electron chi connectivity index (χ1n) is 6.41. The van der Waals surface area contributed by atoms with E-state index in [-0.39, 0.29) is 5.75 Å². The van der Waals surface area contributed by atoms with Gasteiger partial charge in [-0.15, -0.1) is 0 Å². The summed E-state index contributed by atoms with van der Waals surface area (Å²) in [4.78, 5) is 1.57. The van der Waals surface area contributed by atoms with Crippen molar-refractivity contribution in [2.45, 2.75) is 0 Å². The number of aryl methyl sites for hydroxylation is 1. The number of benzene rings is 2. The van der Waals surface area contributed by atoms with Crippen molar-refractivity contribution in [2.24, 2.45) is 7.05 Å². The molecule has 0 fully saturated rings. The fourth-order valence-electron chi connectivity index (χ4n) is 2.21. The minimum atomic E-state index is 0.245.